The van der Waals surface area contributed by atoms with Crippen LogP contribution >= 0.6 is 11.3 Å². The average Bonchev–Trinajstić information content (AvgIpc) is 3.14. The summed E-state index contributed by atoms with van der Waals surface area (Å²) in [6.45, 7) is 0.864. The van der Waals surface area contributed by atoms with E-state index in [1.807, 2.05) is 36.4 Å². The van der Waals surface area contributed by atoms with E-state index in [2.05, 4.69) is 16.4 Å². The van der Waals surface area contributed by atoms with E-state index >= 15 is 0 Å². The van der Waals surface area contributed by atoms with E-state index in [4.69, 9.17) is 4.74 Å². The molecule has 3 aromatic rings. The van der Waals surface area contributed by atoms with Crippen molar-refractivity contribution in [1.82, 2.24) is 4.98 Å². The molecule has 1 aromatic carbocycles. The van der Waals surface area contributed by atoms with Crippen molar-refractivity contribution in [2.24, 2.45) is 5.92 Å². The van der Waals surface area contributed by atoms with Crippen molar-refractivity contribution in [2.45, 2.75) is 31.6 Å². The zero-order chi connectivity index (χ0) is 18.6. The number of thiophene rings is 1. The summed E-state index contributed by atoms with van der Waals surface area (Å²) in [5.74, 6) is 1.13. The highest BCUT2D eigenvalue weighted by molar-refractivity contribution is 7.20. The Labute approximate surface area is 163 Å². The number of carbonyl (C=O) groups excluding carboxylic acids is 1. The molecule has 0 bridgehead atoms. The van der Waals surface area contributed by atoms with E-state index in [0.29, 0.717) is 11.8 Å². The zero-order valence-electron chi connectivity index (χ0n) is 15.5. The molecular weight excluding hydrogens is 356 g/mol. The van der Waals surface area contributed by atoms with Crippen molar-refractivity contribution < 1.29 is 9.53 Å². The number of benzene rings is 1. The second-order valence-electron chi connectivity index (χ2n) is 7.25. The lowest BCUT2D eigenvalue weighted by atomic mass is 9.80. The number of rotatable bonds is 5. The van der Waals surface area contributed by atoms with Crippen LogP contribution < -0.4 is 5.32 Å². The van der Waals surface area contributed by atoms with Gasteiger partial charge in [0, 0.05) is 30.0 Å². The number of nitrogens with one attached hydrogen (secondary N) is 1. The van der Waals surface area contributed by atoms with Crippen LogP contribution in [0.5, 0.6) is 0 Å². The predicted molar refractivity (Wildman–Crippen MR) is 111 cm³/mol. The molecular formula is C22H24N2O2S. The predicted octanol–water partition coefficient (Wildman–Crippen LogP) is 5.47. The molecule has 5 heteroatoms. The molecule has 0 atom stereocenters. The van der Waals surface area contributed by atoms with Gasteiger partial charge in [-0.3, -0.25) is 9.78 Å². The molecule has 0 spiro atoms. The summed E-state index contributed by atoms with van der Waals surface area (Å²) in [5.41, 5.74) is 1.88. The van der Waals surface area contributed by atoms with Crippen molar-refractivity contribution in [2.75, 3.05) is 19.0 Å². The third-order valence-corrected chi connectivity index (χ3v) is 6.48. The smallest absolute Gasteiger partial charge is 0.265 e. The van der Waals surface area contributed by atoms with Gasteiger partial charge in [0.25, 0.3) is 5.91 Å². The Hall–Kier alpha value is -2.24. The summed E-state index contributed by atoms with van der Waals surface area (Å²) in [5, 5.41) is 4.07. The number of amides is 1. The fourth-order valence-corrected chi connectivity index (χ4v) is 4.83. The van der Waals surface area contributed by atoms with Gasteiger partial charge in [-0.25, -0.2) is 0 Å². The second-order valence-corrected chi connectivity index (χ2v) is 8.33. The maximum atomic E-state index is 12.5. The molecule has 1 saturated carbocycles. The van der Waals surface area contributed by atoms with Crippen molar-refractivity contribution in [3.63, 3.8) is 0 Å². The van der Waals surface area contributed by atoms with Gasteiger partial charge in [-0.1, -0.05) is 18.2 Å². The topological polar surface area (TPSA) is 51.2 Å². The number of pyridine rings is 1. The van der Waals surface area contributed by atoms with Gasteiger partial charge in [-0.15, -0.1) is 11.3 Å². The quantitative estimate of drug-likeness (QED) is 0.639. The summed E-state index contributed by atoms with van der Waals surface area (Å²) in [6, 6.07) is 14.0. The van der Waals surface area contributed by atoms with Crippen LogP contribution in [0, 0.1) is 5.92 Å². The number of anilines is 1. The number of aromatic nitrogens is 1. The van der Waals surface area contributed by atoms with Crippen LogP contribution in [0.2, 0.25) is 0 Å². The van der Waals surface area contributed by atoms with Crippen LogP contribution in [0.25, 0.3) is 10.1 Å². The summed E-state index contributed by atoms with van der Waals surface area (Å²) in [7, 11) is 1.78. The Morgan fingerprint density at radius 3 is 2.70 bits per heavy atom. The average molecular weight is 381 g/mol. The van der Waals surface area contributed by atoms with Gasteiger partial charge in [0.1, 0.15) is 0 Å². The van der Waals surface area contributed by atoms with E-state index in [-0.39, 0.29) is 5.91 Å². The first kappa shape index (κ1) is 18.1. The highest BCUT2D eigenvalue weighted by Crippen LogP contribution is 2.35. The summed E-state index contributed by atoms with van der Waals surface area (Å²) >= 11 is 1.51. The number of ether oxygens (including phenoxy) is 1. The Morgan fingerprint density at radius 1 is 1.19 bits per heavy atom. The minimum absolute atomic E-state index is 0.0779. The fraction of sp³-hybridized carbons (Fsp3) is 0.364. The minimum Gasteiger partial charge on any atom is -0.384 e. The molecule has 2 heterocycles. The van der Waals surface area contributed by atoms with Crippen LogP contribution in [-0.4, -0.2) is 24.6 Å². The summed E-state index contributed by atoms with van der Waals surface area (Å²) < 4.78 is 6.40. The third kappa shape index (κ3) is 4.20. The molecule has 0 aliphatic heterocycles. The Morgan fingerprint density at radius 2 is 2.00 bits per heavy atom. The van der Waals surface area contributed by atoms with Crippen LogP contribution in [0.3, 0.4) is 0 Å². The standard InChI is InChI=1S/C22H24N2O2S/c1-26-14-15-6-8-16(9-7-15)19-11-10-18(13-23-19)24-22(25)21-12-17-4-2-3-5-20(17)27-21/h2-5,10-13,15-16H,6-9,14H2,1H3,(H,24,25). The van der Waals surface area contributed by atoms with Crippen molar-refractivity contribution >= 4 is 33.0 Å². The molecule has 0 radical (unpaired) electrons. The number of methoxy groups -OCH3 is 1. The molecule has 1 amide bonds. The SMILES string of the molecule is COCC1CCC(c2ccc(NC(=O)c3cc4ccccc4s3)cn2)CC1. The largest absolute Gasteiger partial charge is 0.384 e. The van der Waals surface area contributed by atoms with Gasteiger partial charge in [0.05, 0.1) is 16.8 Å². The lowest BCUT2D eigenvalue weighted by Gasteiger charge is -2.27. The van der Waals surface area contributed by atoms with E-state index in [1.165, 1.54) is 24.2 Å². The highest BCUT2D eigenvalue weighted by atomic mass is 32.1. The summed E-state index contributed by atoms with van der Waals surface area (Å²) in [6.07, 6.45) is 6.50. The number of fused-ring (bicyclic) bond motifs is 1. The monoisotopic (exact) mass is 380 g/mol. The molecule has 4 nitrogen and oxygen atoms in total. The molecule has 140 valence electrons. The molecule has 27 heavy (non-hydrogen) atoms. The highest BCUT2D eigenvalue weighted by Gasteiger charge is 2.23. The lowest BCUT2D eigenvalue weighted by molar-refractivity contribution is 0.103. The zero-order valence-corrected chi connectivity index (χ0v) is 16.3. The van der Waals surface area contributed by atoms with E-state index in [1.54, 1.807) is 13.3 Å². The van der Waals surface area contributed by atoms with E-state index in [0.717, 1.165) is 45.8 Å². The van der Waals surface area contributed by atoms with Gasteiger partial charge in [0.15, 0.2) is 0 Å². The van der Waals surface area contributed by atoms with Crippen molar-refractivity contribution in [3.05, 3.63) is 59.2 Å². The Bertz CT molecular complexity index is 878. The number of hydrogen-bond donors (Lipinski definition) is 1. The van der Waals surface area contributed by atoms with Gasteiger partial charge < -0.3 is 10.1 Å². The van der Waals surface area contributed by atoms with Gasteiger partial charge in [0.2, 0.25) is 0 Å². The first-order chi connectivity index (χ1) is 13.2. The normalized spacial score (nSPS) is 19.9. The number of nitrogens with zero attached hydrogens (tertiary/aromatic N) is 1. The molecule has 2 aromatic heterocycles. The van der Waals surface area contributed by atoms with Crippen molar-refractivity contribution in [3.8, 4) is 0 Å². The Balaban J connectivity index is 1.38. The Kier molecular flexibility index (Phi) is 5.50. The minimum atomic E-state index is -0.0779. The molecule has 1 fully saturated rings. The number of hydrogen-bond acceptors (Lipinski definition) is 4. The molecule has 0 saturated heterocycles. The second kappa shape index (κ2) is 8.19. The number of carbonyl (C=O) groups is 1. The van der Waals surface area contributed by atoms with E-state index < -0.39 is 0 Å². The third-order valence-electron chi connectivity index (χ3n) is 5.36. The molecule has 4 rings (SSSR count). The van der Waals surface area contributed by atoms with Crippen LogP contribution in [0.15, 0.2) is 48.7 Å². The van der Waals surface area contributed by atoms with Crippen molar-refractivity contribution in [1.29, 1.82) is 0 Å². The lowest BCUT2D eigenvalue weighted by Crippen LogP contribution is -2.18. The maximum absolute atomic E-state index is 12.5. The maximum Gasteiger partial charge on any atom is 0.265 e. The van der Waals surface area contributed by atoms with E-state index in [9.17, 15) is 4.79 Å². The molecule has 1 aliphatic rings. The van der Waals surface area contributed by atoms with Crippen LogP contribution in [0.1, 0.15) is 47.0 Å². The molecule has 0 unspecified atom stereocenters. The van der Waals surface area contributed by atoms with Crippen LogP contribution in [-0.2, 0) is 4.74 Å². The first-order valence-corrected chi connectivity index (χ1v) is 10.3. The van der Waals surface area contributed by atoms with Gasteiger partial charge in [-0.05, 0) is 61.3 Å². The molecule has 1 N–H and O–H groups in total. The summed E-state index contributed by atoms with van der Waals surface area (Å²) in [4.78, 5) is 17.9. The van der Waals surface area contributed by atoms with Gasteiger partial charge >= 0.3 is 0 Å². The van der Waals surface area contributed by atoms with Crippen LogP contribution in [0.4, 0.5) is 5.69 Å². The van der Waals surface area contributed by atoms with Gasteiger partial charge in [-0.2, -0.15) is 0 Å². The first-order valence-electron chi connectivity index (χ1n) is 9.48. The molecule has 1 aliphatic carbocycles. The fourth-order valence-electron chi connectivity index (χ4n) is 3.87.